The number of nitrogens with zero attached hydrogens (tertiary/aromatic N) is 1. The summed E-state index contributed by atoms with van der Waals surface area (Å²) < 4.78 is 0. The lowest BCUT2D eigenvalue weighted by Gasteiger charge is -2.45. The minimum Gasteiger partial charge on any atom is -0.353 e. The number of alkyl halides is 1. The molecule has 4 heteroatoms. The van der Waals surface area contributed by atoms with Gasteiger partial charge in [-0.25, -0.2) is 0 Å². The van der Waals surface area contributed by atoms with Crippen molar-refractivity contribution < 1.29 is 4.79 Å². The summed E-state index contributed by atoms with van der Waals surface area (Å²) in [6, 6.07) is 0. The van der Waals surface area contributed by atoms with Crippen LogP contribution in [0.5, 0.6) is 0 Å². The van der Waals surface area contributed by atoms with Gasteiger partial charge in [0.05, 0.1) is 4.83 Å². The van der Waals surface area contributed by atoms with E-state index in [1.54, 1.807) is 0 Å². The molecule has 19 heavy (non-hydrogen) atoms. The molecule has 1 amide bonds. The SMILES string of the molecule is CC1CCCC(CNC(=O)C(Br)C(C)C)(N(C)C)C1. The van der Waals surface area contributed by atoms with Gasteiger partial charge in [0.1, 0.15) is 0 Å². The van der Waals surface area contributed by atoms with Crippen LogP contribution < -0.4 is 5.32 Å². The van der Waals surface area contributed by atoms with Gasteiger partial charge in [-0.1, -0.05) is 49.5 Å². The standard InChI is InChI=1S/C15H29BrN2O/c1-11(2)13(16)14(19)17-10-15(18(4)5)8-6-7-12(3)9-15/h11-13H,6-10H2,1-5H3,(H,17,19). The Morgan fingerprint density at radius 2 is 2.11 bits per heavy atom. The summed E-state index contributed by atoms with van der Waals surface area (Å²) in [4.78, 5) is 14.3. The van der Waals surface area contributed by atoms with Crippen LogP contribution in [0.25, 0.3) is 0 Å². The minimum atomic E-state index is -0.0901. The van der Waals surface area contributed by atoms with Crippen LogP contribution in [0.3, 0.4) is 0 Å². The van der Waals surface area contributed by atoms with Gasteiger partial charge in [0.25, 0.3) is 0 Å². The molecule has 1 saturated carbocycles. The van der Waals surface area contributed by atoms with E-state index in [0.717, 1.165) is 12.5 Å². The van der Waals surface area contributed by atoms with Crippen LogP contribution in [0.15, 0.2) is 0 Å². The van der Waals surface area contributed by atoms with Crippen molar-refractivity contribution >= 4 is 21.8 Å². The van der Waals surface area contributed by atoms with Gasteiger partial charge in [0.15, 0.2) is 0 Å². The van der Waals surface area contributed by atoms with Crippen molar-refractivity contribution in [1.82, 2.24) is 10.2 Å². The predicted molar refractivity (Wildman–Crippen MR) is 84.6 cm³/mol. The lowest BCUT2D eigenvalue weighted by atomic mass is 9.75. The average Bonchev–Trinajstić information content (AvgIpc) is 2.34. The summed E-state index contributed by atoms with van der Waals surface area (Å²) in [5, 5.41) is 3.15. The topological polar surface area (TPSA) is 32.3 Å². The second-order valence-electron chi connectivity index (χ2n) is 6.68. The van der Waals surface area contributed by atoms with E-state index in [1.165, 1.54) is 25.7 Å². The Balaban J connectivity index is 2.62. The number of carbonyl (C=O) groups is 1. The zero-order chi connectivity index (χ0) is 14.6. The molecule has 3 nitrogen and oxygen atoms in total. The van der Waals surface area contributed by atoms with Gasteiger partial charge in [0, 0.05) is 12.1 Å². The van der Waals surface area contributed by atoms with Gasteiger partial charge >= 0.3 is 0 Å². The molecule has 1 N–H and O–H groups in total. The van der Waals surface area contributed by atoms with Crippen molar-refractivity contribution in [2.75, 3.05) is 20.6 Å². The van der Waals surface area contributed by atoms with Crippen LogP contribution in [-0.4, -0.2) is 41.8 Å². The van der Waals surface area contributed by atoms with E-state index in [-0.39, 0.29) is 16.3 Å². The van der Waals surface area contributed by atoms with E-state index in [0.29, 0.717) is 5.92 Å². The number of likely N-dealkylation sites (N-methyl/N-ethyl adjacent to an activating group) is 1. The Hall–Kier alpha value is -0.0900. The van der Waals surface area contributed by atoms with E-state index in [2.05, 4.69) is 61.0 Å². The highest BCUT2D eigenvalue weighted by atomic mass is 79.9. The minimum absolute atomic E-state index is 0.0901. The Morgan fingerprint density at radius 1 is 1.47 bits per heavy atom. The molecular formula is C15H29BrN2O. The molecule has 0 heterocycles. The summed E-state index contributed by atoms with van der Waals surface area (Å²) in [6.07, 6.45) is 4.93. The Bertz CT molecular complexity index is 307. The van der Waals surface area contributed by atoms with Gasteiger partial charge < -0.3 is 10.2 Å². The third kappa shape index (κ3) is 4.45. The zero-order valence-electron chi connectivity index (χ0n) is 13.0. The summed E-state index contributed by atoms with van der Waals surface area (Å²) in [6.45, 7) is 7.20. The fourth-order valence-corrected chi connectivity index (χ4v) is 3.17. The van der Waals surface area contributed by atoms with Gasteiger partial charge in [-0.05, 0) is 38.8 Å². The van der Waals surface area contributed by atoms with Crippen molar-refractivity contribution in [1.29, 1.82) is 0 Å². The Kier molecular flexibility index (Phi) is 6.31. The number of rotatable bonds is 5. The van der Waals surface area contributed by atoms with Gasteiger partial charge in [-0.3, -0.25) is 4.79 Å². The molecule has 112 valence electrons. The quantitative estimate of drug-likeness (QED) is 0.785. The summed E-state index contributed by atoms with van der Waals surface area (Å²) >= 11 is 3.47. The first-order chi connectivity index (χ1) is 8.78. The molecule has 1 aliphatic rings. The number of carbonyl (C=O) groups excluding carboxylic acids is 1. The number of halogens is 1. The molecule has 3 unspecified atom stereocenters. The monoisotopic (exact) mass is 332 g/mol. The molecule has 1 fully saturated rings. The normalized spacial score (nSPS) is 29.6. The fourth-order valence-electron chi connectivity index (χ4n) is 3.01. The average molecular weight is 333 g/mol. The van der Waals surface area contributed by atoms with Crippen molar-refractivity contribution in [3.8, 4) is 0 Å². The maximum Gasteiger partial charge on any atom is 0.234 e. The predicted octanol–water partition coefficient (Wildman–Crippen LogP) is 3.03. The third-order valence-corrected chi connectivity index (χ3v) is 5.92. The van der Waals surface area contributed by atoms with E-state index in [9.17, 15) is 4.79 Å². The highest BCUT2D eigenvalue weighted by Gasteiger charge is 2.37. The first-order valence-electron chi connectivity index (χ1n) is 7.38. The van der Waals surface area contributed by atoms with Crippen molar-refractivity contribution in [2.45, 2.75) is 56.8 Å². The summed E-state index contributed by atoms with van der Waals surface area (Å²) in [5.74, 6) is 1.19. The van der Waals surface area contributed by atoms with Gasteiger partial charge in [-0.15, -0.1) is 0 Å². The molecular weight excluding hydrogens is 304 g/mol. The fraction of sp³-hybridized carbons (Fsp3) is 0.933. The highest BCUT2D eigenvalue weighted by molar-refractivity contribution is 9.10. The zero-order valence-corrected chi connectivity index (χ0v) is 14.6. The summed E-state index contributed by atoms with van der Waals surface area (Å²) in [7, 11) is 4.27. The lowest BCUT2D eigenvalue weighted by molar-refractivity contribution is -0.121. The van der Waals surface area contributed by atoms with Crippen LogP contribution in [0.2, 0.25) is 0 Å². The number of nitrogens with one attached hydrogen (secondary N) is 1. The van der Waals surface area contributed by atoms with Crippen LogP contribution in [-0.2, 0) is 4.79 Å². The van der Waals surface area contributed by atoms with E-state index in [4.69, 9.17) is 0 Å². The maximum atomic E-state index is 12.1. The third-order valence-electron chi connectivity index (χ3n) is 4.44. The molecule has 0 saturated heterocycles. The molecule has 0 radical (unpaired) electrons. The molecule has 1 aliphatic carbocycles. The van der Waals surface area contributed by atoms with Gasteiger partial charge in [-0.2, -0.15) is 0 Å². The van der Waals surface area contributed by atoms with Crippen molar-refractivity contribution in [3.63, 3.8) is 0 Å². The van der Waals surface area contributed by atoms with Crippen LogP contribution in [0.4, 0.5) is 0 Å². The second kappa shape index (κ2) is 7.07. The van der Waals surface area contributed by atoms with E-state index < -0.39 is 0 Å². The first-order valence-corrected chi connectivity index (χ1v) is 8.29. The van der Waals surface area contributed by atoms with Crippen LogP contribution >= 0.6 is 15.9 Å². The maximum absolute atomic E-state index is 12.1. The number of hydrogen-bond donors (Lipinski definition) is 1. The molecule has 0 aromatic heterocycles. The molecule has 0 aromatic rings. The molecule has 0 aromatic carbocycles. The Labute approximate surface area is 126 Å². The second-order valence-corrected chi connectivity index (χ2v) is 7.67. The summed E-state index contributed by atoms with van der Waals surface area (Å²) in [5.41, 5.74) is 0.136. The first kappa shape index (κ1) is 17.0. The number of amides is 1. The van der Waals surface area contributed by atoms with Gasteiger partial charge in [0.2, 0.25) is 5.91 Å². The smallest absolute Gasteiger partial charge is 0.234 e. The van der Waals surface area contributed by atoms with Crippen LogP contribution in [0, 0.1) is 11.8 Å². The molecule has 0 spiro atoms. The molecule has 0 bridgehead atoms. The van der Waals surface area contributed by atoms with Crippen molar-refractivity contribution in [3.05, 3.63) is 0 Å². The largest absolute Gasteiger partial charge is 0.353 e. The highest BCUT2D eigenvalue weighted by Crippen LogP contribution is 2.35. The Morgan fingerprint density at radius 3 is 2.58 bits per heavy atom. The molecule has 3 atom stereocenters. The van der Waals surface area contributed by atoms with E-state index >= 15 is 0 Å². The number of hydrogen-bond acceptors (Lipinski definition) is 2. The molecule has 1 rings (SSSR count). The lowest BCUT2D eigenvalue weighted by Crippen LogP contribution is -2.56. The van der Waals surface area contributed by atoms with E-state index in [1.807, 2.05) is 0 Å². The molecule has 0 aliphatic heterocycles. The van der Waals surface area contributed by atoms with Crippen molar-refractivity contribution in [2.24, 2.45) is 11.8 Å². The van der Waals surface area contributed by atoms with Crippen LogP contribution in [0.1, 0.15) is 46.5 Å².